The summed E-state index contributed by atoms with van der Waals surface area (Å²) >= 11 is 1.60. The Kier molecular flexibility index (Phi) is 13.5. The number of aryl methyl sites for hydroxylation is 2. The zero-order valence-electron chi connectivity index (χ0n) is 25.2. The van der Waals surface area contributed by atoms with Crippen LogP contribution in [0.25, 0.3) is 0 Å². The summed E-state index contributed by atoms with van der Waals surface area (Å²) in [7, 11) is 0. The van der Waals surface area contributed by atoms with Gasteiger partial charge in [0.15, 0.2) is 0 Å². The van der Waals surface area contributed by atoms with Gasteiger partial charge in [-0.05, 0) is 70.6 Å². The number of hydrogen-bond donors (Lipinski definition) is 2. The molecule has 2 unspecified atom stereocenters. The maximum absolute atomic E-state index is 14.3. The summed E-state index contributed by atoms with van der Waals surface area (Å²) in [6, 6.07) is 14.0. The first-order valence-electron chi connectivity index (χ1n) is 14.1. The second kappa shape index (κ2) is 16.3. The average Bonchev–Trinajstić information content (AvgIpc) is 2.88. The van der Waals surface area contributed by atoms with E-state index in [4.69, 9.17) is 4.74 Å². The summed E-state index contributed by atoms with van der Waals surface area (Å²) in [4.78, 5) is 42.6. The molecule has 0 saturated heterocycles. The fourth-order valence-electron chi connectivity index (χ4n) is 4.56. The number of ether oxygens (including phenoxy) is 1. The first-order chi connectivity index (χ1) is 18.9. The second-order valence-electron chi connectivity index (χ2n) is 11.2. The molecular formula is C32H47N3O4S. The normalized spacial score (nSPS) is 12.8. The van der Waals surface area contributed by atoms with E-state index >= 15 is 0 Å². The lowest BCUT2D eigenvalue weighted by Crippen LogP contribution is -2.53. The van der Waals surface area contributed by atoms with Crippen molar-refractivity contribution in [1.82, 2.24) is 15.5 Å². The Balaban J connectivity index is 2.50. The zero-order valence-corrected chi connectivity index (χ0v) is 26.0. The standard InChI is InChI=1S/C32H47N3O4S/c1-8-9-13-17-35(30(37)27(16-18-40-7)34-31(38)39-32(4,5)6)28(26-20-23(2)19-24(3)21-26)29(36)33-22-25-14-11-10-12-15-25/h10-12,14-15,19-21,27-28H,8-9,13,16-18,22H2,1-7H3,(H,33,36)(H,34,38). The van der Waals surface area contributed by atoms with Crippen LogP contribution in [0.4, 0.5) is 4.79 Å². The molecule has 0 aliphatic heterocycles. The number of benzene rings is 2. The maximum atomic E-state index is 14.3. The number of carbonyl (C=O) groups excluding carboxylic acids is 3. The Labute approximate surface area is 244 Å². The Morgan fingerprint density at radius 3 is 2.23 bits per heavy atom. The molecule has 3 amide bonds. The number of nitrogens with zero attached hydrogens (tertiary/aromatic N) is 1. The molecule has 0 radical (unpaired) electrons. The van der Waals surface area contributed by atoms with Gasteiger partial charge in [-0.15, -0.1) is 0 Å². The van der Waals surface area contributed by atoms with Crippen LogP contribution < -0.4 is 10.6 Å². The van der Waals surface area contributed by atoms with Crippen LogP contribution in [0.2, 0.25) is 0 Å². The highest BCUT2D eigenvalue weighted by molar-refractivity contribution is 7.98. The molecule has 2 aromatic carbocycles. The number of amides is 3. The van der Waals surface area contributed by atoms with Gasteiger partial charge in [-0.3, -0.25) is 9.59 Å². The van der Waals surface area contributed by atoms with Crippen molar-refractivity contribution in [2.75, 3.05) is 18.6 Å². The highest BCUT2D eigenvalue weighted by Gasteiger charge is 2.36. The van der Waals surface area contributed by atoms with E-state index in [1.165, 1.54) is 0 Å². The van der Waals surface area contributed by atoms with Gasteiger partial charge in [-0.1, -0.05) is 79.4 Å². The van der Waals surface area contributed by atoms with Crippen molar-refractivity contribution in [3.8, 4) is 0 Å². The lowest BCUT2D eigenvalue weighted by Gasteiger charge is -2.35. The minimum Gasteiger partial charge on any atom is -0.444 e. The van der Waals surface area contributed by atoms with Gasteiger partial charge in [0, 0.05) is 13.1 Å². The van der Waals surface area contributed by atoms with E-state index in [1.807, 2.05) is 62.6 Å². The van der Waals surface area contributed by atoms with Crippen LogP contribution in [-0.4, -0.2) is 53.0 Å². The molecule has 40 heavy (non-hydrogen) atoms. The SMILES string of the molecule is CCCCCN(C(=O)C(CCSC)NC(=O)OC(C)(C)C)C(C(=O)NCc1ccccc1)c1cc(C)cc(C)c1. The smallest absolute Gasteiger partial charge is 0.408 e. The summed E-state index contributed by atoms with van der Waals surface area (Å²) in [5, 5.41) is 5.87. The van der Waals surface area contributed by atoms with E-state index < -0.39 is 23.8 Å². The molecule has 0 fully saturated rings. The molecule has 2 aromatic rings. The van der Waals surface area contributed by atoms with E-state index in [-0.39, 0.29) is 11.8 Å². The Morgan fingerprint density at radius 2 is 1.65 bits per heavy atom. The van der Waals surface area contributed by atoms with Crippen molar-refractivity contribution in [1.29, 1.82) is 0 Å². The van der Waals surface area contributed by atoms with Crippen LogP contribution in [-0.2, 0) is 20.9 Å². The molecule has 2 rings (SSSR count). The van der Waals surface area contributed by atoms with Crippen LogP contribution >= 0.6 is 11.8 Å². The molecule has 0 spiro atoms. The fourth-order valence-corrected chi connectivity index (χ4v) is 5.04. The third-order valence-electron chi connectivity index (χ3n) is 6.31. The van der Waals surface area contributed by atoms with E-state index in [1.54, 1.807) is 37.4 Å². The molecule has 2 atom stereocenters. The first-order valence-corrected chi connectivity index (χ1v) is 15.5. The van der Waals surface area contributed by atoms with E-state index in [2.05, 4.69) is 23.6 Å². The van der Waals surface area contributed by atoms with Gasteiger partial charge in [0.05, 0.1) is 0 Å². The van der Waals surface area contributed by atoms with E-state index in [0.29, 0.717) is 25.3 Å². The van der Waals surface area contributed by atoms with Crippen LogP contribution in [0.15, 0.2) is 48.5 Å². The van der Waals surface area contributed by atoms with Crippen molar-refractivity contribution in [3.05, 3.63) is 70.8 Å². The van der Waals surface area contributed by atoms with Crippen molar-refractivity contribution in [2.45, 2.75) is 91.5 Å². The number of carbonyl (C=O) groups is 3. The summed E-state index contributed by atoms with van der Waals surface area (Å²) < 4.78 is 5.48. The third-order valence-corrected chi connectivity index (χ3v) is 6.96. The number of alkyl carbamates (subject to hydrolysis) is 1. The Morgan fingerprint density at radius 1 is 1.00 bits per heavy atom. The molecular weight excluding hydrogens is 522 g/mol. The fraction of sp³-hybridized carbons (Fsp3) is 0.531. The molecule has 7 nitrogen and oxygen atoms in total. The van der Waals surface area contributed by atoms with Crippen molar-refractivity contribution in [2.24, 2.45) is 0 Å². The molecule has 0 saturated carbocycles. The Bertz CT molecular complexity index is 1080. The van der Waals surface area contributed by atoms with Crippen molar-refractivity contribution >= 4 is 29.7 Å². The van der Waals surface area contributed by atoms with E-state index in [0.717, 1.165) is 41.5 Å². The lowest BCUT2D eigenvalue weighted by atomic mass is 9.97. The van der Waals surface area contributed by atoms with Crippen LogP contribution in [0.5, 0.6) is 0 Å². The number of hydrogen-bond acceptors (Lipinski definition) is 5. The van der Waals surface area contributed by atoms with Crippen LogP contribution in [0.3, 0.4) is 0 Å². The predicted octanol–water partition coefficient (Wildman–Crippen LogP) is 6.33. The third kappa shape index (κ3) is 11.2. The van der Waals surface area contributed by atoms with Crippen molar-refractivity contribution < 1.29 is 19.1 Å². The average molecular weight is 570 g/mol. The summed E-state index contributed by atoms with van der Waals surface area (Å²) in [5.41, 5.74) is 3.07. The predicted molar refractivity (Wildman–Crippen MR) is 164 cm³/mol. The van der Waals surface area contributed by atoms with E-state index in [9.17, 15) is 14.4 Å². The van der Waals surface area contributed by atoms with Gasteiger partial charge in [-0.25, -0.2) is 4.79 Å². The quantitative estimate of drug-likeness (QED) is 0.260. The van der Waals surface area contributed by atoms with Gasteiger partial charge in [0.25, 0.3) is 0 Å². The number of nitrogens with one attached hydrogen (secondary N) is 2. The topological polar surface area (TPSA) is 87.7 Å². The second-order valence-corrected chi connectivity index (χ2v) is 12.2. The summed E-state index contributed by atoms with van der Waals surface area (Å²) in [6.45, 7) is 12.2. The van der Waals surface area contributed by atoms with Gasteiger partial charge in [0.2, 0.25) is 11.8 Å². The molecule has 0 aromatic heterocycles. The zero-order chi connectivity index (χ0) is 29.7. The van der Waals surface area contributed by atoms with Crippen LogP contribution in [0, 0.1) is 13.8 Å². The highest BCUT2D eigenvalue weighted by Crippen LogP contribution is 2.26. The summed E-state index contributed by atoms with van der Waals surface area (Å²) in [6.07, 6.45) is 4.39. The molecule has 2 N–H and O–H groups in total. The molecule has 220 valence electrons. The maximum Gasteiger partial charge on any atom is 0.408 e. The van der Waals surface area contributed by atoms with Gasteiger partial charge < -0.3 is 20.3 Å². The lowest BCUT2D eigenvalue weighted by molar-refractivity contribution is -0.142. The largest absolute Gasteiger partial charge is 0.444 e. The molecule has 8 heteroatoms. The number of unbranched alkanes of at least 4 members (excludes halogenated alkanes) is 2. The minimum atomic E-state index is -0.844. The Hall–Kier alpha value is -3.00. The molecule has 0 bridgehead atoms. The summed E-state index contributed by atoms with van der Waals surface area (Å²) in [5.74, 6) is 0.137. The molecule has 0 heterocycles. The van der Waals surface area contributed by atoms with Crippen LogP contribution in [0.1, 0.15) is 81.7 Å². The molecule has 0 aliphatic carbocycles. The molecule has 0 aliphatic rings. The monoisotopic (exact) mass is 569 g/mol. The number of thioether (sulfide) groups is 1. The first kappa shape index (κ1) is 33.2. The number of rotatable bonds is 14. The van der Waals surface area contributed by atoms with Gasteiger partial charge in [0.1, 0.15) is 17.7 Å². The van der Waals surface area contributed by atoms with Crippen molar-refractivity contribution in [3.63, 3.8) is 0 Å². The van der Waals surface area contributed by atoms with Gasteiger partial charge in [-0.2, -0.15) is 11.8 Å². The minimum absolute atomic E-state index is 0.250. The highest BCUT2D eigenvalue weighted by atomic mass is 32.2. The van der Waals surface area contributed by atoms with Gasteiger partial charge >= 0.3 is 6.09 Å².